The first kappa shape index (κ1) is 21.1. The van der Waals surface area contributed by atoms with Crippen molar-refractivity contribution in [3.05, 3.63) is 0 Å². The monoisotopic (exact) mass is 369 g/mol. The van der Waals surface area contributed by atoms with Gasteiger partial charge in [-0.25, -0.2) is 0 Å². The molecule has 21 heavy (non-hydrogen) atoms. The van der Waals surface area contributed by atoms with E-state index in [9.17, 15) is 24.6 Å². The molecule has 0 atom stereocenters. The molecule has 0 rings (SSSR count). The van der Waals surface area contributed by atoms with E-state index in [-0.39, 0.29) is 28.1 Å². The van der Waals surface area contributed by atoms with Crippen LogP contribution in [0.3, 0.4) is 0 Å². The molecule has 0 amide bonds. The van der Waals surface area contributed by atoms with Crippen LogP contribution < -0.4 is 0 Å². The molecule has 0 N–H and O–H groups in total. The van der Waals surface area contributed by atoms with Crippen LogP contribution in [0.5, 0.6) is 0 Å². The van der Waals surface area contributed by atoms with E-state index in [1.165, 1.54) is 0 Å². The number of hydrogen-bond acceptors (Lipinski definition) is 4. The molecule has 0 aromatic carbocycles. The SMILES string of the molecule is CCCCCP(CC)(CC)(CC)N(S(=O)(=O)F)S(=O)(=O)F. The zero-order chi connectivity index (χ0) is 17.0. The fraction of sp³-hybridized carbons (Fsp3) is 1.00. The molecule has 0 heterocycles. The Balaban J connectivity index is 6.33. The Morgan fingerprint density at radius 3 is 1.43 bits per heavy atom. The van der Waals surface area contributed by atoms with E-state index < -0.39 is 27.6 Å². The van der Waals surface area contributed by atoms with Gasteiger partial charge in [0, 0.05) is 0 Å². The minimum absolute atomic E-state index is 0.134. The van der Waals surface area contributed by atoms with Crippen molar-refractivity contribution in [3.8, 4) is 0 Å². The molecule has 0 fully saturated rings. The molecule has 5 nitrogen and oxygen atoms in total. The van der Waals surface area contributed by atoms with Crippen molar-refractivity contribution in [2.24, 2.45) is 0 Å². The van der Waals surface area contributed by atoms with E-state index in [1.54, 1.807) is 20.8 Å². The van der Waals surface area contributed by atoms with Gasteiger partial charge in [-0.2, -0.15) is 0 Å². The molecular formula is C11H26F2NO4PS2. The molecule has 0 aromatic heterocycles. The molecule has 0 aliphatic rings. The van der Waals surface area contributed by atoms with Crippen LogP contribution in [0, 0.1) is 0 Å². The average Bonchev–Trinajstić information content (AvgIpc) is 2.35. The van der Waals surface area contributed by atoms with Gasteiger partial charge in [0.2, 0.25) is 0 Å². The fourth-order valence-corrected chi connectivity index (χ4v) is 15.0. The predicted octanol–water partition coefficient (Wildman–Crippen LogP) is 3.44. The number of hydrogen-bond donors (Lipinski definition) is 0. The molecule has 0 spiro atoms. The first-order valence-electron chi connectivity index (χ1n) is 7.13. The Hall–Kier alpha value is 0.150. The van der Waals surface area contributed by atoms with Crippen molar-refractivity contribution in [1.82, 2.24) is 3.48 Å². The van der Waals surface area contributed by atoms with Crippen molar-refractivity contribution >= 4 is 27.6 Å². The van der Waals surface area contributed by atoms with Gasteiger partial charge in [-0.15, -0.1) is 0 Å². The Morgan fingerprint density at radius 1 is 0.810 bits per heavy atom. The quantitative estimate of drug-likeness (QED) is 0.336. The van der Waals surface area contributed by atoms with Crippen LogP contribution in [0.15, 0.2) is 0 Å². The van der Waals surface area contributed by atoms with Gasteiger partial charge < -0.3 is 0 Å². The van der Waals surface area contributed by atoms with E-state index in [1.807, 2.05) is 6.92 Å². The van der Waals surface area contributed by atoms with Crippen LogP contribution in [0.2, 0.25) is 0 Å². The number of rotatable bonds is 10. The van der Waals surface area contributed by atoms with Crippen LogP contribution in [-0.4, -0.2) is 45.0 Å². The average molecular weight is 369 g/mol. The van der Waals surface area contributed by atoms with Crippen molar-refractivity contribution in [3.63, 3.8) is 0 Å². The maximum atomic E-state index is 13.7. The second-order valence-electron chi connectivity index (χ2n) is 5.35. The first-order valence-corrected chi connectivity index (χ1v) is 12.7. The van der Waals surface area contributed by atoms with E-state index in [0.29, 0.717) is 6.42 Å². The Bertz CT molecular complexity index is 504. The van der Waals surface area contributed by atoms with Crippen LogP contribution in [0.4, 0.5) is 7.77 Å². The van der Waals surface area contributed by atoms with Crippen molar-refractivity contribution in [1.29, 1.82) is 0 Å². The molecular weight excluding hydrogens is 343 g/mol. The topological polar surface area (TPSA) is 71.5 Å². The summed E-state index contributed by atoms with van der Waals surface area (Å²) in [4.78, 5) is 0. The summed E-state index contributed by atoms with van der Waals surface area (Å²) in [5.41, 5.74) is 0. The van der Waals surface area contributed by atoms with Gasteiger partial charge in [0.05, 0.1) is 0 Å². The number of nitrogens with zero attached hydrogens (tertiary/aromatic N) is 1. The first-order chi connectivity index (χ1) is 9.43. The summed E-state index contributed by atoms with van der Waals surface area (Å²) in [5.74, 6) is 0. The second kappa shape index (κ2) is 7.15. The van der Waals surface area contributed by atoms with E-state index >= 15 is 0 Å². The van der Waals surface area contributed by atoms with E-state index in [2.05, 4.69) is 0 Å². The standard InChI is InChI=1S/C11H26F2NO4PS2/c1-5-9-10-11-19(6-2,7-3,8-4)14(20(12,15)16)21(13,17)18/h5-11H2,1-4H3. The van der Waals surface area contributed by atoms with Crippen molar-refractivity contribution < 1.29 is 24.6 Å². The van der Waals surface area contributed by atoms with Crippen LogP contribution in [0.1, 0.15) is 47.0 Å². The molecule has 0 radical (unpaired) electrons. The van der Waals surface area contributed by atoms with Crippen LogP contribution in [0.25, 0.3) is 0 Å². The van der Waals surface area contributed by atoms with Gasteiger partial charge in [0.15, 0.2) is 0 Å². The third kappa shape index (κ3) is 4.33. The zero-order valence-electron chi connectivity index (χ0n) is 13.0. The van der Waals surface area contributed by atoms with Crippen LogP contribution in [-0.2, 0) is 20.8 Å². The predicted molar refractivity (Wildman–Crippen MR) is 84.8 cm³/mol. The van der Waals surface area contributed by atoms with Gasteiger partial charge in [0.1, 0.15) is 0 Å². The Labute approximate surface area is 127 Å². The molecule has 0 aliphatic heterocycles. The molecule has 0 saturated carbocycles. The van der Waals surface area contributed by atoms with E-state index in [4.69, 9.17) is 0 Å². The fourth-order valence-electron chi connectivity index (χ4n) is 3.00. The summed E-state index contributed by atoms with van der Waals surface area (Å²) < 4.78 is 72.6. The second-order valence-corrected chi connectivity index (χ2v) is 15.1. The van der Waals surface area contributed by atoms with Crippen LogP contribution >= 0.6 is 6.75 Å². The third-order valence-corrected chi connectivity index (χ3v) is 17.6. The molecule has 0 unspecified atom stereocenters. The number of halogens is 2. The number of unbranched alkanes of at least 4 members (excludes halogenated alkanes) is 2. The van der Waals surface area contributed by atoms with E-state index in [0.717, 1.165) is 12.8 Å². The summed E-state index contributed by atoms with van der Waals surface area (Å²) in [6.07, 6.45) is 2.76. The maximum absolute atomic E-state index is 13.7. The molecule has 0 saturated heterocycles. The molecule has 0 bridgehead atoms. The minimum atomic E-state index is -5.68. The normalized spacial score (nSPS) is 15.9. The van der Waals surface area contributed by atoms with Gasteiger partial charge in [-0.1, -0.05) is 0 Å². The Kier molecular flexibility index (Phi) is 7.20. The zero-order valence-corrected chi connectivity index (χ0v) is 15.6. The molecule has 0 aromatic rings. The third-order valence-electron chi connectivity index (χ3n) is 4.61. The molecule has 0 aliphatic carbocycles. The Morgan fingerprint density at radius 2 is 1.19 bits per heavy atom. The summed E-state index contributed by atoms with van der Waals surface area (Å²) in [7, 11) is -11.4. The van der Waals surface area contributed by atoms with Crippen molar-refractivity contribution in [2.75, 3.05) is 24.6 Å². The summed E-state index contributed by atoms with van der Waals surface area (Å²) in [5, 5.41) is 0. The summed E-state index contributed by atoms with van der Waals surface area (Å²) in [6.45, 7) is 2.98. The van der Waals surface area contributed by atoms with Gasteiger partial charge in [-0.05, 0) is 0 Å². The summed E-state index contributed by atoms with van der Waals surface area (Å²) in [6, 6.07) is 0. The van der Waals surface area contributed by atoms with Gasteiger partial charge in [-0.3, -0.25) is 0 Å². The van der Waals surface area contributed by atoms with Gasteiger partial charge >= 0.3 is 127 Å². The molecule has 10 heteroatoms. The summed E-state index contributed by atoms with van der Waals surface area (Å²) >= 11 is 0. The van der Waals surface area contributed by atoms with Crippen molar-refractivity contribution in [2.45, 2.75) is 47.0 Å². The molecule has 130 valence electrons. The van der Waals surface area contributed by atoms with Gasteiger partial charge in [0.25, 0.3) is 0 Å².